The average Bonchev–Trinajstić information content (AvgIpc) is 2.65. The third kappa shape index (κ3) is 5.09. The van der Waals surface area contributed by atoms with Crippen molar-refractivity contribution in [2.24, 2.45) is 0 Å². The van der Waals surface area contributed by atoms with Gasteiger partial charge in [-0.05, 0) is 79.5 Å². The van der Waals surface area contributed by atoms with Crippen LogP contribution >= 0.6 is 0 Å². The first-order valence-corrected chi connectivity index (χ1v) is 9.38. The van der Waals surface area contributed by atoms with Crippen LogP contribution in [0.1, 0.15) is 49.3 Å². The van der Waals surface area contributed by atoms with Gasteiger partial charge in [0.1, 0.15) is 5.75 Å². The van der Waals surface area contributed by atoms with E-state index in [1.165, 1.54) is 42.4 Å². The van der Waals surface area contributed by atoms with Crippen molar-refractivity contribution >= 4 is 11.6 Å². The van der Waals surface area contributed by atoms with Crippen LogP contribution < -0.4 is 10.1 Å². The van der Waals surface area contributed by atoms with E-state index in [0.717, 1.165) is 30.7 Å². The second-order valence-corrected chi connectivity index (χ2v) is 6.77. The largest absolute Gasteiger partial charge is 0.484 e. The van der Waals surface area contributed by atoms with E-state index in [4.69, 9.17) is 4.74 Å². The molecule has 0 unspecified atom stereocenters. The van der Waals surface area contributed by atoms with Gasteiger partial charge in [0.15, 0.2) is 6.61 Å². The van der Waals surface area contributed by atoms with Crippen molar-refractivity contribution in [1.82, 2.24) is 0 Å². The summed E-state index contributed by atoms with van der Waals surface area (Å²) in [5, 5.41) is 2.89. The van der Waals surface area contributed by atoms with Gasteiger partial charge in [0.05, 0.1) is 0 Å². The normalized spacial score (nSPS) is 13.2. The van der Waals surface area contributed by atoms with E-state index in [9.17, 15) is 4.79 Å². The predicted molar refractivity (Wildman–Crippen MR) is 102 cm³/mol. The molecule has 1 aliphatic rings. The van der Waals surface area contributed by atoms with E-state index >= 15 is 0 Å². The summed E-state index contributed by atoms with van der Waals surface area (Å²) in [6.07, 6.45) is 8.26. The SMILES string of the molecule is CCCCc1ccc(NC(=O)COc2ccc3c(c2)CCCC3)cc1. The van der Waals surface area contributed by atoms with Gasteiger partial charge in [0.2, 0.25) is 0 Å². The van der Waals surface area contributed by atoms with Gasteiger partial charge in [0.25, 0.3) is 5.91 Å². The molecule has 1 amide bonds. The van der Waals surface area contributed by atoms with E-state index in [-0.39, 0.29) is 12.5 Å². The molecular weight excluding hydrogens is 310 g/mol. The molecule has 0 radical (unpaired) electrons. The maximum absolute atomic E-state index is 12.1. The second-order valence-electron chi connectivity index (χ2n) is 6.77. The van der Waals surface area contributed by atoms with Gasteiger partial charge in [-0.15, -0.1) is 0 Å². The highest BCUT2D eigenvalue weighted by Crippen LogP contribution is 2.25. The molecule has 3 nitrogen and oxygen atoms in total. The van der Waals surface area contributed by atoms with Crippen LogP contribution in [0, 0.1) is 0 Å². The van der Waals surface area contributed by atoms with Crippen molar-refractivity contribution < 1.29 is 9.53 Å². The molecule has 0 atom stereocenters. The quantitative estimate of drug-likeness (QED) is 0.778. The van der Waals surface area contributed by atoms with Gasteiger partial charge >= 0.3 is 0 Å². The molecule has 25 heavy (non-hydrogen) atoms. The Balaban J connectivity index is 1.49. The minimum atomic E-state index is -0.126. The Kier molecular flexibility index (Phi) is 6.10. The van der Waals surface area contributed by atoms with Crippen molar-refractivity contribution in [1.29, 1.82) is 0 Å². The highest BCUT2D eigenvalue weighted by molar-refractivity contribution is 5.91. The third-order valence-electron chi connectivity index (χ3n) is 4.75. The molecule has 0 saturated carbocycles. The fourth-order valence-electron chi connectivity index (χ4n) is 3.28. The summed E-state index contributed by atoms with van der Waals surface area (Å²) >= 11 is 0. The third-order valence-corrected chi connectivity index (χ3v) is 4.75. The molecule has 2 aromatic rings. The topological polar surface area (TPSA) is 38.3 Å². The monoisotopic (exact) mass is 337 g/mol. The van der Waals surface area contributed by atoms with Crippen LogP contribution in [-0.4, -0.2) is 12.5 Å². The fourth-order valence-corrected chi connectivity index (χ4v) is 3.28. The maximum atomic E-state index is 12.1. The van der Waals surface area contributed by atoms with Crippen LogP contribution in [0.25, 0.3) is 0 Å². The highest BCUT2D eigenvalue weighted by atomic mass is 16.5. The van der Waals surface area contributed by atoms with Crippen molar-refractivity contribution in [3.8, 4) is 5.75 Å². The van der Waals surface area contributed by atoms with E-state index in [1.54, 1.807) is 0 Å². The number of unbranched alkanes of at least 4 members (excludes halogenated alkanes) is 1. The first kappa shape index (κ1) is 17.5. The molecule has 0 spiro atoms. The lowest BCUT2D eigenvalue weighted by Gasteiger charge is -2.16. The number of benzene rings is 2. The Bertz CT molecular complexity index is 706. The lowest BCUT2D eigenvalue weighted by Crippen LogP contribution is -2.20. The van der Waals surface area contributed by atoms with E-state index in [0.29, 0.717) is 0 Å². The number of fused-ring (bicyclic) bond motifs is 1. The smallest absolute Gasteiger partial charge is 0.262 e. The van der Waals surface area contributed by atoms with Gasteiger partial charge in [-0.25, -0.2) is 0 Å². The fraction of sp³-hybridized carbons (Fsp3) is 0.409. The van der Waals surface area contributed by atoms with Crippen LogP contribution in [-0.2, 0) is 24.1 Å². The van der Waals surface area contributed by atoms with Crippen LogP contribution in [0.3, 0.4) is 0 Å². The predicted octanol–water partition coefficient (Wildman–Crippen LogP) is 4.93. The van der Waals surface area contributed by atoms with Crippen molar-refractivity contribution in [3.63, 3.8) is 0 Å². The molecular formula is C22H27NO2. The van der Waals surface area contributed by atoms with E-state index < -0.39 is 0 Å². The molecule has 2 aromatic carbocycles. The van der Waals surface area contributed by atoms with E-state index in [2.05, 4.69) is 36.5 Å². The van der Waals surface area contributed by atoms with E-state index in [1.807, 2.05) is 18.2 Å². The summed E-state index contributed by atoms with van der Waals surface area (Å²) in [7, 11) is 0. The van der Waals surface area contributed by atoms with Crippen molar-refractivity contribution in [3.05, 3.63) is 59.2 Å². The Hall–Kier alpha value is -2.29. The Labute approximate surface area is 150 Å². The van der Waals surface area contributed by atoms with Crippen molar-refractivity contribution in [2.75, 3.05) is 11.9 Å². The first-order chi connectivity index (χ1) is 12.2. The van der Waals surface area contributed by atoms with Crippen LogP contribution in [0.15, 0.2) is 42.5 Å². The van der Waals surface area contributed by atoms with Crippen molar-refractivity contribution in [2.45, 2.75) is 51.9 Å². The first-order valence-electron chi connectivity index (χ1n) is 9.38. The molecule has 0 saturated heterocycles. The highest BCUT2D eigenvalue weighted by Gasteiger charge is 2.11. The number of hydrogen-bond donors (Lipinski definition) is 1. The van der Waals surface area contributed by atoms with Gasteiger partial charge in [0, 0.05) is 5.69 Å². The summed E-state index contributed by atoms with van der Waals surface area (Å²) in [5.74, 6) is 0.657. The van der Waals surface area contributed by atoms with Crippen LogP contribution in [0.4, 0.5) is 5.69 Å². The van der Waals surface area contributed by atoms with Gasteiger partial charge in [-0.3, -0.25) is 4.79 Å². The van der Waals surface area contributed by atoms with Crippen LogP contribution in [0.5, 0.6) is 5.75 Å². The number of carbonyl (C=O) groups is 1. The Morgan fingerprint density at radius 3 is 2.56 bits per heavy atom. The average molecular weight is 337 g/mol. The molecule has 0 aliphatic heterocycles. The summed E-state index contributed by atoms with van der Waals surface area (Å²) in [5.41, 5.74) is 4.92. The Morgan fingerprint density at radius 1 is 1.04 bits per heavy atom. The molecule has 3 rings (SSSR count). The number of hydrogen-bond acceptors (Lipinski definition) is 2. The number of carbonyl (C=O) groups excluding carboxylic acids is 1. The zero-order chi connectivity index (χ0) is 17.5. The summed E-state index contributed by atoms with van der Waals surface area (Å²) in [4.78, 5) is 12.1. The number of amides is 1. The molecule has 0 heterocycles. The zero-order valence-electron chi connectivity index (χ0n) is 15.0. The van der Waals surface area contributed by atoms with Gasteiger partial charge in [-0.1, -0.05) is 31.5 Å². The maximum Gasteiger partial charge on any atom is 0.262 e. The molecule has 1 N–H and O–H groups in total. The summed E-state index contributed by atoms with van der Waals surface area (Å²) in [6, 6.07) is 14.3. The molecule has 3 heteroatoms. The second kappa shape index (κ2) is 8.70. The number of anilines is 1. The lowest BCUT2D eigenvalue weighted by molar-refractivity contribution is -0.118. The Morgan fingerprint density at radius 2 is 1.80 bits per heavy atom. The number of ether oxygens (including phenoxy) is 1. The number of rotatable bonds is 7. The zero-order valence-corrected chi connectivity index (χ0v) is 15.0. The summed E-state index contributed by atoms with van der Waals surface area (Å²) < 4.78 is 5.67. The molecule has 0 aromatic heterocycles. The van der Waals surface area contributed by atoms with Gasteiger partial charge < -0.3 is 10.1 Å². The lowest BCUT2D eigenvalue weighted by atomic mass is 9.92. The van der Waals surface area contributed by atoms with Gasteiger partial charge in [-0.2, -0.15) is 0 Å². The minimum absolute atomic E-state index is 0.0381. The molecule has 0 fully saturated rings. The number of nitrogens with one attached hydrogen (secondary N) is 1. The molecule has 1 aliphatic carbocycles. The summed E-state index contributed by atoms with van der Waals surface area (Å²) in [6.45, 7) is 2.23. The minimum Gasteiger partial charge on any atom is -0.484 e. The standard InChI is InChI=1S/C22H27NO2/c1-2-3-6-17-9-12-20(13-10-17)23-22(24)16-25-21-14-11-18-7-4-5-8-19(18)15-21/h9-15H,2-8,16H2,1H3,(H,23,24). The number of aryl methyl sites for hydroxylation is 3. The molecule has 0 bridgehead atoms. The van der Waals surface area contributed by atoms with Crippen LogP contribution in [0.2, 0.25) is 0 Å². The molecule has 132 valence electrons.